The molecular formula is C15H28O4. The molecule has 0 fully saturated rings. The van der Waals surface area contributed by atoms with Crippen LogP contribution >= 0.6 is 0 Å². The predicted octanol–water partition coefficient (Wildman–Crippen LogP) is 2.58. The van der Waals surface area contributed by atoms with Crippen LogP contribution in [0, 0.1) is 0 Å². The lowest BCUT2D eigenvalue weighted by molar-refractivity contribution is -0.157. The van der Waals surface area contributed by atoms with E-state index in [4.69, 9.17) is 4.74 Å². The van der Waals surface area contributed by atoms with Gasteiger partial charge in [-0.15, -0.1) is 0 Å². The Morgan fingerprint density at radius 3 is 2.26 bits per heavy atom. The molecule has 4 nitrogen and oxygen atoms in total. The Balaban J connectivity index is 3.93. The van der Waals surface area contributed by atoms with E-state index in [1.54, 1.807) is 20.8 Å². The van der Waals surface area contributed by atoms with Crippen molar-refractivity contribution < 1.29 is 19.7 Å². The SMILES string of the molecule is CC(C)=CCC[C@@H](O)C[C@H](O)CC(=O)OC(C)(C)C. The van der Waals surface area contributed by atoms with E-state index in [1.807, 2.05) is 19.9 Å². The average molecular weight is 272 g/mol. The van der Waals surface area contributed by atoms with Crippen LogP contribution in [-0.4, -0.2) is 34.0 Å². The summed E-state index contributed by atoms with van der Waals surface area (Å²) in [6, 6.07) is 0. The minimum absolute atomic E-state index is 0.0724. The van der Waals surface area contributed by atoms with Gasteiger partial charge in [0.05, 0.1) is 18.6 Å². The lowest BCUT2D eigenvalue weighted by Crippen LogP contribution is -2.28. The summed E-state index contributed by atoms with van der Waals surface area (Å²) in [6.45, 7) is 9.36. The molecule has 0 saturated carbocycles. The third kappa shape index (κ3) is 11.9. The normalized spacial score (nSPS) is 14.7. The van der Waals surface area contributed by atoms with Crippen LogP contribution in [0.2, 0.25) is 0 Å². The first kappa shape index (κ1) is 18.1. The van der Waals surface area contributed by atoms with Crippen LogP contribution in [0.5, 0.6) is 0 Å². The Morgan fingerprint density at radius 2 is 1.79 bits per heavy atom. The van der Waals surface area contributed by atoms with Gasteiger partial charge in [-0.1, -0.05) is 11.6 Å². The molecule has 0 radical (unpaired) electrons. The maximum atomic E-state index is 11.5. The predicted molar refractivity (Wildman–Crippen MR) is 75.8 cm³/mol. The zero-order valence-corrected chi connectivity index (χ0v) is 12.8. The van der Waals surface area contributed by atoms with Crippen molar-refractivity contribution >= 4 is 5.97 Å². The minimum atomic E-state index is -0.850. The fourth-order valence-electron chi connectivity index (χ4n) is 1.66. The summed E-state index contributed by atoms with van der Waals surface area (Å²) in [6.07, 6.45) is 2.11. The monoisotopic (exact) mass is 272 g/mol. The molecular weight excluding hydrogens is 244 g/mol. The van der Waals surface area contributed by atoms with Crippen LogP contribution in [0.4, 0.5) is 0 Å². The van der Waals surface area contributed by atoms with E-state index >= 15 is 0 Å². The van der Waals surface area contributed by atoms with Crippen molar-refractivity contribution in [1.29, 1.82) is 0 Å². The summed E-state index contributed by atoms with van der Waals surface area (Å²) in [5.74, 6) is -0.434. The van der Waals surface area contributed by atoms with Gasteiger partial charge in [0.15, 0.2) is 0 Å². The summed E-state index contributed by atoms with van der Waals surface area (Å²) in [5, 5.41) is 19.5. The van der Waals surface area contributed by atoms with Crippen molar-refractivity contribution in [3.63, 3.8) is 0 Å². The quantitative estimate of drug-likeness (QED) is 0.552. The average Bonchev–Trinajstić information content (AvgIpc) is 2.12. The molecule has 0 aliphatic carbocycles. The van der Waals surface area contributed by atoms with Gasteiger partial charge in [-0.25, -0.2) is 0 Å². The number of rotatable bonds is 7. The second-order valence-electron chi connectivity index (χ2n) is 6.19. The van der Waals surface area contributed by atoms with Crippen LogP contribution in [0.1, 0.15) is 60.3 Å². The standard InChI is InChI=1S/C15H28O4/c1-11(2)7-6-8-12(16)9-13(17)10-14(18)19-15(3,4)5/h7,12-13,16-17H,6,8-10H2,1-5H3/t12-,13+/m1/s1. The maximum absolute atomic E-state index is 11.5. The number of hydrogen-bond acceptors (Lipinski definition) is 4. The first-order chi connectivity index (χ1) is 8.60. The second kappa shape index (κ2) is 8.33. The topological polar surface area (TPSA) is 66.8 Å². The van der Waals surface area contributed by atoms with Crippen LogP contribution in [0.3, 0.4) is 0 Å². The molecule has 0 saturated heterocycles. The number of hydrogen-bond donors (Lipinski definition) is 2. The van der Waals surface area contributed by atoms with Crippen LogP contribution < -0.4 is 0 Å². The molecule has 4 heteroatoms. The summed E-state index contributed by atoms with van der Waals surface area (Å²) < 4.78 is 5.11. The Hall–Kier alpha value is -0.870. The highest BCUT2D eigenvalue weighted by Crippen LogP contribution is 2.13. The van der Waals surface area contributed by atoms with Crippen molar-refractivity contribution in [3.8, 4) is 0 Å². The van der Waals surface area contributed by atoms with E-state index in [-0.39, 0.29) is 12.8 Å². The smallest absolute Gasteiger partial charge is 0.308 e. The number of carbonyl (C=O) groups excluding carboxylic acids is 1. The van der Waals surface area contributed by atoms with E-state index in [0.717, 1.165) is 6.42 Å². The number of aliphatic hydroxyl groups excluding tert-OH is 2. The highest BCUT2D eigenvalue weighted by atomic mass is 16.6. The van der Waals surface area contributed by atoms with Crippen molar-refractivity contribution in [2.45, 2.75) is 78.1 Å². The molecule has 0 aromatic rings. The summed E-state index contributed by atoms with van der Waals surface area (Å²) in [4.78, 5) is 11.5. The zero-order valence-electron chi connectivity index (χ0n) is 12.8. The number of esters is 1. The van der Waals surface area contributed by atoms with Gasteiger partial charge in [0, 0.05) is 0 Å². The van der Waals surface area contributed by atoms with Gasteiger partial charge in [-0.05, 0) is 53.9 Å². The van der Waals surface area contributed by atoms with E-state index in [9.17, 15) is 15.0 Å². The fourth-order valence-corrected chi connectivity index (χ4v) is 1.66. The molecule has 0 aromatic carbocycles. The number of carbonyl (C=O) groups is 1. The van der Waals surface area contributed by atoms with E-state index in [0.29, 0.717) is 6.42 Å². The van der Waals surface area contributed by atoms with E-state index < -0.39 is 23.8 Å². The lowest BCUT2D eigenvalue weighted by atomic mass is 10.0. The third-order valence-electron chi connectivity index (χ3n) is 2.42. The molecule has 0 unspecified atom stereocenters. The first-order valence-corrected chi connectivity index (χ1v) is 6.81. The van der Waals surface area contributed by atoms with Gasteiger partial charge < -0.3 is 14.9 Å². The Bertz CT molecular complexity index is 298. The molecule has 0 rings (SSSR count). The van der Waals surface area contributed by atoms with Crippen LogP contribution in [-0.2, 0) is 9.53 Å². The number of ether oxygens (including phenoxy) is 1. The minimum Gasteiger partial charge on any atom is -0.460 e. The number of aliphatic hydroxyl groups is 2. The maximum Gasteiger partial charge on any atom is 0.308 e. The van der Waals surface area contributed by atoms with Gasteiger partial charge in [0.25, 0.3) is 0 Å². The second-order valence-corrected chi connectivity index (χ2v) is 6.19. The third-order valence-corrected chi connectivity index (χ3v) is 2.42. The van der Waals surface area contributed by atoms with Gasteiger partial charge in [0.2, 0.25) is 0 Å². The van der Waals surface area contributed by atoms with Crippen molar-refractivity contribution in [2.24, 2.45) is 0 Å². The molecule has 0 spiro atoms. The van der Waals surface area contributed by atoms with Crippen molar-refractivity contribution in [2.75, 3.05) is 0 Å². The van der Waals surface area contributed by atoms with Crippen molar-refractivity contribution in [1.82, 2.24) is 0 Å². The highest BCUT2D eigenvalue weighted by molar-refractivity contribution is 5.70. The van der Waals surface area contributed by atoms with Gasteiger partial charge in [0.1, 0.15) is 5.60 Å². The first-order valence-electron chi connectivity index (χ1n) is 6.81. The largest absolute Gasteiger partial charge is 0.460 e. The molecule has 2 atom stereocenters. The number of allylic oxidation sites excluding steroid dienone is 2. The molecule has 0 aliphatic rings. The zero-order chi connectivity index (χ0) is 15.1. The lowest BCUT2D eigenvalue weighted by Gasteiger charge is -2.21. The summed E-state index contributed by atoms with van der Waals surface area (Å²) in [7, 11) is 0. The van der Waals surface area contributed by atoms with Gasteiger partial charge >= 0.3 is 5.97 Å². The van der Waals surface area contributed by atoms with Gasteiger partial charge in [-0.3, -0.25) is 4.79 Å². The van der Waals surface area contributed by atoms with Crippen LogP contribution in [0.15, 0.2) is 11.6 Å². The molecule has 0 aliphatic heterocycles. The van der Waals surface area contributed by atoms with E-state index in [2.05, 4.69) is 0 Å². The molecule has 0 aromatic heterocycles. The fraction of sp³-hybridized carbons (Fsp3) is 0.800. The molecule has 0 bridgehead atoms. The highest BCUT2D eigenvalue weighted by Gasteiger charge is 2.20. The van der Waals surface area contributed by atoms with Gasteiger partial charge in [-0.2, -0.15) is 0 Å². The van der Waals surface area contributed by atoms with E-state index in [1.165, 1.54) is 5.57 Å². The molecule has 19 heavy (non-hydrogen) atoms. The van der Waals surface area contributed by atoms with Crippen molar-refractivity contribution in [3.05, 3.63) is 11.6 Å². The Kier molecular flexibility index (Phi) is 7.95. The Morgan fingerprint density at radius 1 is 1.21 bits per heavy atom. The van der Waals surface area contributed by atoms with Crippen LogP contribution in [0.25, 0.3) is 0 Å². The molecule has 2 N–H and O–H groups in total. The Labute approximate surface area is 116 Å². The summed E-state index contributed by atoms with van der Waals surface area (Å²) in [5.41, 5.74) is 0.667. The molecule has 112 valence electrons. The molecule has 0 heterocycles. The summed E-state index contributed by atoms with van der Waals surface area (Å²) >= 11 is 0. The molecule has 0 amide bonds.